The monoisotopic (exact) mass is 599 g/mol. The molecule has 7 rings (SSSR count). The van der Waals surface area contributed by atoms with Crippen LogP contribution >= 0.6 is 23.4 Å². The summed E-state index contributed by atoms with van der Waals surface area (Å²) in [6.45, 7) is 1.44. The Morgan fingerprint density at radius 3 is 2.69 bits per heavy atom. The first kappa shape index (κ1) is 27.2. The van der Waals surface area contributed by atoms with Crippen molar-refractivity contribution in [1.82, 2.24) is 24.3 Å². The predicted octanol–water partition coefficient (Wildman–Crippen LogP) is 5.33. The molecule has 0 radical (unpaired) electrons. The Morgan fingerprint density at radius 1 is 1.07 bits per heavy atom. The molecule has 1 aliphatic heterocycles. The summed E-state index contributed by atoms with van der Waals surface area (Å²) in [5.41, 5.74) is 12.0. The van der Waals surface area contributed by atoms with Crippen LogP contribution in [0.2, 0.25) is 5.02 Å². The summed E-state index contributed by atoms with van der Waals surface area (Å²) < 4.78 is 7.12. The van der Waals surface area contributed by atoms with E-state index in [1.165, 1.54) is 22.9 Å². The van der Waals surface area contributed by atoms with Gasteiger partial charge < -0.3 is 24.9 Å². The average Bonchev–Trinajstić information content (AvgIpc) is 3.59. The standard InChI is InChI=1S/C31H30ClN7O2S/c1-41-25-8-4-7-21(35-25)22-17-39-12-9-24(27(32)30(39)37-22)42-26-16-34-29(23(18-40)36-26)38-13-10-31(11-14-38)15-19-5-2-3-6-20(19)28(31)33/h2-9,12,16-17,28,40H,10-11,13-15,18,33H2,1H3/t28-/m1/s1. The van der Waals surface area contributed by atoms with Crippen molar-refractivity contribution >= 4 is 34.8 Å². The Labute approximate surface area is 252 Å². The number of pyridine rings is 2. The van der Waals surface area contributed by atoms with Crippen LogP contribution in [-0.2, 0) is 13.0 Å². The van der Waals surface area contributed by atoms with Crippen LogP contribution in [0.25, 0.3) is 17.0 Å². The fourth-order valence-corrected chi connectivity index (χ4v) is 7.39. The number of ether oxygens (including phenoxy) is 1. The van der Waals surface area contributed by atoms with Gasteiger partial charge in [0.05, 0.1) is 30.6 Å². The molecule has 42 heavy (non-hydrogen) atoms. The molecule has 5 aromatic rings. The highest BCUT2D eigenvalue weighted by atomic mass is 35.5. The van der Waals surface area contributed by atoms with Gasteiger partial charge in [-0.2, -0.15) is 0 Å². The summed E-state index contributed by atoms with van der Waals surface area (Å²) in [5.74, 6) is 1.25. The molecule has 1 fully saturated rings. The number of anilines is 1. The third-order valence-corrected chi connectivity index (χ3v) is 9.99. The zero-order valence-corrected chi connectivity index (χ0v) is 24.6. The fraction of sp³-hybridized carbons (Fsp3) is 0.290. The third-order valence-electron chi connectivity index (χ3n) is 8.54. The van der Waals surface area contributed by atoms with Crippen LogP contribution in [0.4, 0.5) is 5.82 Å². The first-order chi connectivity index (χ1) is 20.5. The number of nitrogens with two attached hydrogens (primary N) is 1. The van der Waals surface area contributed by atoms with Gasteiger partial charge in [-0.1, -0.05) is 53.7 Å². The molecular weight excluding hydrogens is 570 g/mol. The molecule has 3 N–H and O–H groups in total. The number of imidazole rings is 1. The van der Waals surface area contributed by atoms with Crippen LogP contribution in [-0.4, -0.2) is 49.6 Å². The van der Waals surface area contributed by atoms with E-state index in [-0.39, 0.29) is 18.1 Å². The lowest BCUT2D eigenvalue weighted by Gasteiger charge is -2.42. The lowest BCUT2D eigenvalue weighted by Crippen LogP contribution is -2.45. The quantitative estimate of drug-likeness (QED) is 0.267. The number of nitrogens with zero attached hydrogens (tertiary/aromatic N) is 6. The number of aliphatic hydroxyl groups excluding tert-OH is 1. The molecule has 1 aliphatic carbocycles. The van der Waals surface area contributed by atoms with Crippen molar-refractivity contribution in [3.05, 3.63) is 89.0 Å². The lowest BCUT2D eigenvalue weighted by atomic mass is 9.73. The SMILES string of the molecule is COc1cccc(-c2cn3ccc(Sc4cnc(N5CCC6(CC5)Cc5ccccc5[C@H]6N)c(CO)n4)c(Cl)c3n2)n1. The van der Waals surface area contributed by atoms with E-state index in [9.17, 15) is 5.11 Å². The van der Waals surface area contributed by atoms with Gasteiger partial charge in [0.25, 0.3) is 0 Å². The smallest absolute Gasteiger partial charge is 0.213 e. The number of hydrogen-bond acceptors (Lipinski definition) is 9. The Morgan fingerprint density at radius 2 is 1.90 bits per heavy atom. The summed E-state index contributed by atoms with van der Waals surface area (Å²) in [6, 6.07) is 16.1. The van der Waals surface area contributed by atoms with Crippen LogP contribution in [0, 0.1) is 5.41 Å². The zero-order valence-electron chi connectivity index (χ0n) is 23.1. The normalized spacial score (nSPS) is 17.6. The number of fused-ring (bicyclic) bond motifs is 2. The maximum Gasteiger partial charge on any atom is 0.213 e. The van der Waals surface area contributed by atoms with Crippen molar-refractivity contribution in [2.75, 3.05) is 25.1 Å². The number of aromatic nitrogens is 5. The van der Waals surface area contributed by atoms with Crippen LogP contribution in [0.5, 0.6) is 5.88 Å². The zero-order chi connectivity index (χ0) is 28.8. The maximum absolute atomic E-state index is 10.2. The molecule has 9 nitrogen and oxygen atoms in total. The largest absolute Gasteiger partial charge is 0.481 e. The molecule has 4 aromatic heterocycles. The van der Waals surface area contributed by atoms with E-state index in [4.69, 9.17) is 37.0 Å². The molecule has 214 valence electrons. The first-order valence-electron chi connectivity index (χ1n) is 13.9. The molecule has 11 heteroatoms. The molecule has 0 saturated carbocycles. The van der Waals surface area contributed by atoms with Gasteiger partial charge in [-0.05, 0) is 47.9 Å². The number of rotatable bonds is 6. The Kier molecular flexibility index (Phi) is 7.02. The molecule has 1 aromatic carbocycles. The minimum Gasteiger partial charge on any atom is -0.481 e. The van der Waals surface area contributed by atoms with Crippen molar-refractivity contribution in [2.24, 2.45) is 11.1 Å². The highest BCUT2D eigenvalue weighted by Crippen LogP contribution is 2.51. The average molecular weight is 600 g/mol. The number of piperidine rings is 1. The van der Waals surface area contributed by atoms with Crippen molar-refractivity contribution in [3.8, 4) is 17.3 Å². The van der Waals surface area contributed by atoms with E-state index in [1.54, 1.807) is 19.4 Å². The Bertz CT molecular complexity index is 1790. The summed E-state index contributed by atoms with van der Waals surface area (Å²) in [4.78, 5) is 21.8. The van der Waals surface area contributed by atoms with Gasteiger partial charge in [0.1, 0.15) is 16.4 Å². The van der Waals surface area contributed by atoms with E-state index >= 15 is 0 Å². The predicted molar refractivity (Wildman–Crippen MR) is 163 cm³/mol. The highest BCUT2D eigenvalue weighted by molar-refractivity contribution is 7.99. The minimum absolute atomic E-state index is 0.0538. The van der Waals surface area contributed by atoms with Gasteiger partial charge in [-0.15, -0.1) is 0 Å². The van der Waals surface area contributed by atoms with E-state index in [0.717, 1.165) is 43.1 Å². The third kappa shape index (κ3) is 4.68. The van der Waals surface area contributed by atoms with E-state index in [0.29, 0.717) is 38.7 Å². The Balaban J connectivity index is 1.09. The summed E-state index contributed by atoms with van der Waals surface area (Å²) in [6.07, 6.45) is 8.50. The van der Waals surface area contributed by atoms with Gasteiger partial charge >= 0.3 is 0 Å². The minimum atomic E-state index is -0.201. The van der Waals surface area contributed by atoms with Gasteiger partial charge in [0.2, 0.25) is 5.88 Å². The van der Waals surface area contributed by atoms with Crippen molar-refractivity contribution in [2.45, 2.75) is 41.8 Å². The van der Waals surface area contributed by atoms with E-state index in [2.05, 4.69) is 34.1 Å². The number of aliphatic hydroxyl groups is 1. The van der Waals surface area contributed by atoms with Crippen LogP contribution in [0.3, 0.4) is 0 Å². The molecule has 2 aliphatic rings. The Hall–Kier alpha value is -3.70. The molecule has 0 bridgehead atoms. The number of methoxy groups -OCH3 is 1. The molecule has 1 spiro atoms. The molecule has 5 heterocycles. The maximum atomic E-state index is 10.2. The summed E-state index contributed by atoms with van der Waals surface area (Å²) >= 11 is 8.21. The van der Waals surface area contributed by atoms with E-state index < -0.39 is 0 Å². The number of hydrogen-bond donors (Lipinski definition) is 2. The van der Waals surface area contributed by atoms with Gasteiger partial charge in [0, 0.05) is 42.5 Å². The van der Waals surface area contributed by atoms with Gasteiger partial charge in [0.15, 0.2) is 11.5 Å². The molecule has 1 atom stereocenters. The molecular formula is C31H30ClN7O2S. The number of halogens is 1. The fourth-order valence-electron chi connectivity index (χ4n) is 6.28. The molecule has 0 unspecified atom stereocenters. The van der Waals surface area contributed by atoms with E-state index in [1.807, 2.05) is 35.0 Å². The van der Waals surface area contributed by atoms with Crippen LogP contribution in [0.15, 0.2) is 77.0 Å². The second-order valence-corrected chi connectivity index (χ2v) is 12.3. The molecule has 0 amide bonds. The second kappa shape index (κ2) is 10.9. The lowest BCUT2D eigenvalue weighted by molar-refractivity contribution is 0.186. The second-order valence-electron chi connectivity index (χ2n) is 10.9. The van der Waals surface area contributed by atoms with Crippen molar-refractivity contribution < 1.29 is 9.84 Å². The number of benzene rings is 1. The first-order valence-corrected chi connectivity index (χ1v) is 15.1. The van der Waals surface area contributed by atoms with Crippen molar-refractivity contribution in [1.29, 1.82) is 0 Å². The highest BCUT2D eigenvalue weighted by Gasteiger charge is 2.46. The van der Waals surface area contributed by atoms with Crippen molar-refractivity contribution in [3.63, 3.8) is 0 Å². The van der Waals surface area contributed by atoms with Gasteiger partial charge in [-0.25, -0.2) is 19.9 Å². The van der Waals surface area contributed by atoms with Crippen LogP contribution in [0.1, 0.15) is 35.7 Å². The van der Waals surface area contributed by atoms with Crippen LogP contribution < -0.4 is 15.4 Å². The van der Waals surface area contributed by atoms with Gasteiger partial charge in [-0.3, -0.25) is 0 Å². The topological polar surface area (TPSA) is 115 Å². The summed E-state index contributed by atoms with van der Waals surface area (Å²) in [5, 5.41) is 11.4. The summed E-state index contributed by atoms with van der Waals surface area (Å²) in [7, 11) is 1.58. The molecule has 1 saturated heterocycles.